The average molecular weight is 271 g/mol. The molecular formula is C13H25N3O3. The predicted molar refractivity (Wildman–Crippen MR) is 73.1 cm³/mol. The van der Waals surface area contributed by atoms with E-state index in [0.717, 1.165) is 32.5 Å². The summed E-state index contributed by atoms with van der Waals surface area (Å²) in [6.45, 7) is 8.12. The highest BCUT2D eigenvalue weighted by atomic mass is 16.4. The summed E-state index contributed by atoms with van der Waals surface area (Å²) in [7, 11) is 1.74. The number of rotatable bonds is 4. The first-order valence-electron chi connectivity index (χ1n) is 6.78. The number of aliphatic carboxylic acids is 1. The van der Waals surface area contributed by atoms with Crippen molar-refractivity contribution in [2.75, 3.05) is 26.7 Å². The van der Waals surface area contributed by atoms with Crippen LogP contribution in [0.1, 0.15) is 33.6 Å². The van der Waals surface area contributed by atoms with Gasteiger partial charge in [-0.05, 0) is 33.2 Å². The van der Waals surface area contributed by atoms with Crippen LogP contribution in [0, 0.1) is 0 Å². The van der Waals surface area contributed by atoms with Gasteiger partial charge in [-0.2, -0.15) is 0 Å². The topological polar surface area (TPSA) is 72.9 Å². The fourth-order valence-corrected chi connectivity index (χ4v) is 2.20. The molecule has 6 heteroatoms. The third-order valence-corrected chi connectivity index (χ3v) is 3.83. The van der Waals surface area contributed by atoms with Crippen molar-refractivity contribution in [1.29, 1.82) is 0 Å². The van der Waals surface area contributed by atoms with Crippen LogP contribution in [0.4, 0.5) is 4.79 Å². The molecule has 0 aromatic heterocycles. The Morgan fingerprint density at radius 1 is 1.37 bits per heavy atom. The van der Waals surface area contributed by atoms with Crippen molar-refractivity contribution in [3.05, 3.63) is 0 Å². The molecule has 1 fully saturated rings. The zero-order valence-corrected chi connectivity index (χ0v) is 12.3. The van der Waals surface area contributed by atoms with Gasteiger partial charge in [-0.15, -0.1) is 0 Å². The quantitative estimate of drug-likeness (QED) is 0.799. The highest BCUT2D eigenvalue weighted by Crippen LogP contribution is 2.16. The molecule has 0 atom stereocenters. The van der Waals surface area contributed by atoms with Crippen LogP contribution in [0.3, 0.4) is 0 Å². The van der Waals surface area contributed by atoms with E-state index < -0.39 is 11.5 Å². The van der Waals surface area contributed by atoms with Crippen LogP contribution >= 0.6 is 0 Å². The normalized spacial score (nSPS) is 18.1. The van der Waals surface area contributed by atoms with Crippen molar-refractivity contribution in [1.82, 2.24) is 15.1 Å². The van der Waals surface area contributed by atoms with E-state index in [9.17, 15) is 9.59 Å². The van der Waals surface area contributed by atoms with Crippen molar-refractivity contribution in [3.8, 4) is 0 Å². The summed E-state index contributed by atoms with van der Waals surface area (Å²) in [5, 5.41) is 11.6. The Labute approximate surface area is 114 Å². The second-order valence-electron chi connectivity index (χ2n) is 5.64. The van der Waals surface area contributed by atoms with Crippen molar-refractivity contribution in [2.45, 2.75) is 45.2 Å². The molecular weight excluding hydrogens is 246 g/mol. The SMILES string of the molecule is CCN1CCC(N(C)C(=O)NC(C)(C)C(=O)O)CC1. The maximum atomic E-state index is 12.1. The predicted octanol–water partition coefficient (Wildman–Crippen LogP) is 0.975. The molecule has 0 spiro atoms. The van der Waals surface area contributed by atoms with E-state index in [1.165, 1.54) is 13.8 Å². The van der Waals surface area contributed by atoms with Crippen LogP contribution in [0.2, 0.25) is 0 Å². The average Bonchev–Trinajstić information content (AvgIpc) is 2.37. The molecule has 0 radical (unpaired) electrons. The Morgan fingerprint density at radius 2 is 1.89 bits per heavy atom. The van der Waals surface area contributed by atoms with Gasteiger partial charge in [0.2, 0.25) is 0 Å². The molecule has 110 valence electrons. The number of nitrogens with zero attached hydrogens (tertiary/aromatic N) is 2. The summed E-state index contributed by atoms with van der Waals surface area (Å²) in [6, 6.07) is -0.130. The van der Waals surface area contributed by atoms with Gasteiger partial charge in [-0.1, -0.05) is 6.92 Å². The highest BCUT2D eigenvalue weighted by Gasteiger charge is 2.32. The molecule has 6 nitrogen and oxygen atoms in total. The number of likely N-dealkylation sites (tertiary alicyclic amines) is 1. The molecule has 2 N–H and O–H groups in total. The second kappa shape index (κ2) is 6.23. The number of carboxylic acid groups (broad SMARTS) is 1. The molecule has 1 aliphatic rings. The Morgan fingerprint density at radius 3 is 2.32 bits per heavy atom. The van der Waals surface area contributed by atoms with E-state index in [2.05, 4.69) is 17.1 Å². The van der Waals surface area contributed by atoms with Gasteiger partial charge in [-0.3, -0.25) is 0 Å². The summed E-state index contributed by atoms with van der Waals surface area (Å²) in [4.78, 5) is 27.0. The fraction of sp³-hybridized carbons (Fsp3) is 0.846. The van der Waals surface area contributed by atoms with E-state index in [1.807, 2.05) is 0 Å². The standard InChI is InChI=1S/C13H25N3O3/c1-5-16-8-6-10(7-9-16)15(4)12(19)14-13(2,3)11(17)18/h10H,5-9H2,1-4H3,(H,14,19)(H,17,18). The van der Waals surface area contributed by atoms with Gasteiger partial charge in [0.05, 0.1) is 0 Å². The van der Waals surface area contributed by atoms with Gasteiger partial charge < -0.3 is 20.2 Å². The Bertz CT molecular complexity index is 336. The minimum Gasteiger partial charge on any atom is -0.480 e. The van der Waals surface area contributed by atoms with Gasteiger partial charge in [0.15, 0.2) is 0 Å². The number of piperidine rings is 1. The van der Waals surface area contributed by atoms with Crippen LogP contribution in [0.25, 0.3) is 0 Å². The highest BCUT2D eigenvalue weighted by molar-refractivity contribution is 5.85. The van der Waals surface area contributed by atoms with Crippen molar-refractivity contribution in [2.24, 2.45) is 0 Å². The molecule has 0 aliphatic carbocycles. The van der Waals surface area contributed by atoms with E-state index >= 15 is 0 Å². The van der Waals surface area contributed by atoms with Crippen molar-refractivity contribution in [3.63, 3.8) is 0 Å². The number of carbonyl (C=O) groups excluding carboxylic acids is 1. The van der Waals surface area contributed by atoms with Gasteiger partial charge >= 0.3 is 12.0 Å². The molecule has 0 saturated carbocycles. The smallest absolute Gasteiger partial charge is 0.328 e. The minimum absolute atomic E-state index is 0.187. The lowest BCUT2D eigenvalue weighted by atomic mass is 10.0. The first-order chi connectivity index (χ1) is 8.77. The lowest BCUT2D eigenvalue weighted by molar-refractivity contribution is -0.143. The maximum absolute atomic E-state index is 12.1. The van der Waals surface area contributed by atoms with Crippen LogP contribution in [0.5, 0.6) is 0 Å². The molecule has 0 aromatic rings. The largest absolute Gasteiger partial charge is 0.480 e. The number of urea groups is 1. The van der Waals surface area contributed by atoms with E-state index in [-0.39, 0.29) is 12.1 Å². The number of hydrogen-bond acceptors (Lipinski definition) is 3. The summed E-state index contributed by atoms with van der Waals surface area (Å²) in [5.41, 5.74) is -1.24. The molecule has 1 aliphatic heterocycles. The molecule has 1 saturated heterocycles. The Balaban J connectivity index is 2.52. The van der Waals surface area contributed by atoms with Gasteiger partial charge in [0.25, 0.3) is 0 Å². The lowest BCUT2D eigenvalue weighted by Gasteiger charge is -2.37. The summed E-state index contributed by atoms with van der Waals surface area (Å²) in [6.07, 6.45) is 1.87. The van der Waals surface area contributed by atoms with E-state index in [4.69, 9.17) is 5.11 Å². The van der Waals surface area contributed by atoms with Crippen LogP contribution < -0.4 is 5.32 Å². The number of carboxylic acids is 1. The summed E-state index contributed by atoms with van der Waals surface area (Å²) in [5.74, 6) is -1.03. The number of carbonyl (C=O) groups is 2. The van der Waals surface area contributed by atoms with E-state index in [1.54, 1.807) is 11.9 Å². The van der Waals surface area contributed by atoms with Crippen LogP contribution in [-0.4, -0.2) is 65.2 Å². The molecule has 1 rings (SSSR count). The molecule has 1 heterocycles. The second-order valence-corrected chi connectivity index (χ2v) is 5.64. The minimum atomic E-state index is -1.24. The molecule has 19 heavy (non-hydrogen) atoms. The molecule has 2 amide bonds. The number of nitrogens with one attached hydrogen (secondary N) is 1. The van der Waals surface area contributed by atoms with Gasteiger partial charge in [-0.25, -0.2) is 9.59 Å². The maximum Gasteiger partial charge on any atom is 0.328 e. The first-order valence-corrected chi connectivity index (χ1v) is 6.78. The zero-order chi connectivity index (χ0) is 14.6. The van der Waals surface area contributed by atoms with Gasteiger partial charge in [0, 0.05) is 26.2 Å². The first kappa shape index (κ1) is 15.8. The van der Waals surface area contributed by atoms with Crippen molar-refractivity contribution >= 4 is 12.0 Å². The molecule has 0 aromatic carbocycles. The molecule has 0 bridgehead atoms. The van der Waals surface area contributed by atoms with Crippen LogP contribution in [0.15, 0.2) is 0 Å². The summed E-state index contributed by atoms with van der Waals surface area (Å²) < 4.78 is 0. The fourth-order valence-electron chi connectivity index (χ4n) is 2.20. The lowest BCUT2D eigenvalue weighted by Crippen LogP contribution is -2.56. The Kier molecular flexibility index (Phi) is 5.17. The molecule has 0 unspecified atom stereocenters. The monoisotopic (exact) mass is 271 g/mol. The zero-order valence-electron chi connectivity index (χ0n) is 12.3. The van der Waals surface area contributed by atoms with Crippen molar-refractivity contribution < 1.29 is 14.7 Å². The van der Waals surface area contributed by atoms with E-state index in [0.29, 0.717) is 0 Å². The Hall–Kier alpha value is -1.30. The third kappa shape index (κ3) is 4.09. The number of hydrogen-bond donors (Lipinski definition) is 2. The number of amides is 2. The van der Waals surface area contributed by atoms with Crippen LogP contribution in [-0.2, 0) is 4.79 Å². The summed E-state index contributed by atoms with van der Waals surface area (Å²) >= 11 is 0. The van der Waals surface area contributed by atoms with Gasteiger partial charge in [0.1, 0.15) is 5.54 Å². The third-order valence-electron chi connectivity index (χ3n) is 3.83.